The monoisotopic (exact) mass is 352 g/mol. The molecule has 0 saturated heterocycles. The highest BCUT2D eigenvalue weighted by Crippen LogP contribution is 1.97. The molecular formula is C18H40O6. The van der Waals surface area contributed by atoms with Crippen LogP contribution in [0.1, 0.15) is 86.0 Å². The Labute approximate surface area is 148 Å². The summed E-state index contributed by atoms with van der Waals surface area (Å²) in [4.78, 5) is 19.9. The molecule has 148 valence electrons. The Balaban J connectivity index is -0.000000115. The van der Waals surface area contributed by atoms with E-state index in [0.717, 1.165) is 44.9 Å². The van der Waals surface area contributed by atoms with Crippen LogP contribution in [0.2, 0.25) is 0 Å². The van der Waals surface area contributed by atoms with Gasteiger partial charge in [-0.25, -0.2) is 0 Å². The van der Waals surface area contributed by atoms with Gasteiger partial charge in [-0.05, 0) is 25.7 Å². The van der Waals surface area contributed by atoms with Crippen molar-refractivity contribution in [1.82, 2.24) is 0 Å². The van der Waals surface area contributed by atoms with Crippen molar-refractivity contribution in [2.75, 3.05) is 19.8 Å². The highest BCUT2D eigenvalue weighted by molar-refractivity contribution is 5.66. The zero-order valence-corrected chi connectivity index (χ0v) is 16.3. The second-order valence-corrected chi connectivity index (χ2v) is 4.99. The molecule has 0 heterocycles. The minimum atomic E-state index is -0.682. The molecular weight excluding hydrogens is 312 g/mol. The number of carbonyl (C=O) groups excluding carboxylic acids is 1. The topological polar surface area (TPSA) is 104 Å². The van der Waals surface area contributed by atoms with E-state index in [-0.39, 0.29) is 5.97 Å². The number of hydrogen-bond acceptors (Lipinski definition) is 5. The predicted octanol–water partition coefficient (Wildman–Crippen LogP) is 3.78. The van der Waals surface area contributed by atoms with Crippen LogP contribution in [0.25, 0.3) is 0 Å². The second kappa shape index (κ2) is 33.5. The number of ether oxygens (including phenoxy) is 1. The molecule has 0 fully saturated rings. The van der Waals surface area contributed by atoms with E-state index in [1.165, 1.54) is 6.92 Å². The number of aliphatic carboxylic acids is 1. The normalized spacial score (nSPS) is 8.46. The number of carboxylic acids is 1. The first-order valence-corrected chi connectivity index (χ1v) is 8.94. The van der Waals surface area contributed by atoms with Crippen LogP contribution in [0, 0.1) is 0 Å². The van der Waals surface area contributed by atoms with Gasteiger partial charge in [0, 0.05) is 26.6 Å². The molecule has 0 aliphatic rings. The van der Waals surface area contributed by atoms with Crippen LogP contribution in [0.4, 0.5) is 0 Å². The summed E-state index contributed by atoms with van der Waals surface area (Å²) in [6.45, 7) is 10.6. The minimum absolute atomic E-state index is 0.193. The van der Waals surface area contributed by atoms with Crippen LogP contribution in [0.15, 0.2) is 0 Å². The molecule has 6 heteroatoms. The molecule has 0 amide bonds. The summed E-state index contributed by atoms with van der Waals surface area (Å²) in [6, 6.07) is 0. The average Bonchev–Trinajstić information content (AvgIpc) is 2.55. The number of esters is 1. The van der Waals surface area contributed by atoms with Crippen LogP contribution < -0.4 is 0 Å². The molecule has 0 bridgehead atoms. The molecule has 0 atom stereocenters. The average molecular weight is 353 g/mol. The Bertz CT molecular complexity index is 228. The molecule has 0 aliphatic heterocycles. The van der Waals surface area contributed by atoms with Gasteiger partial charge in [0.05, 0.1) is 6.61 Å². The van der Waals surface area contributed by atoms with E-state index in [1.54, 1.807) is 0 Å². The summed E-state index contributed by atoms with van der Waals surface area (Å²) in [7, 11) is 0. The molecule has 6 nitrogen and oxygen atoms in total. The maximum Gasteiger partial charge on any atom is 0.303 e. The van der Waals surface area contributed by atoms with Gasteiger partial charge >= 0.3 is 11.9 Å². The lowest BCUT2D eigenvalue weighted by molar-refractivity contribution is -0.141. The zero-order chi connectivity index (χ0) is 19.6. The number of unbranched alkanes of at least 4 members (excludes halogenated alkanes) is 3. The Morgan fingerprint density at radius 2 is 1.29 bits per heavy atom. The number of carbonyl (C=O) groups is 2. The fraction of sp³-hybridized carbons (Fsp3) is 0.889. The fourth-order valence-corrected chi connectivity index (χ4v) is 0.930. The number of hydrogen-bond donors (Lipinski definition) is 3. The van der Waals surface area contributed by atoms with Gasteiger partial charge in [0.1, 0.15) is 0 Å². The lowest BCUT2D eigenvalue weighted by Gasteiger charge is -1.93. The first-order chi connectivity index (χ1) is 11.4. The van der Waals surface area contributed by atoms with Gasteiger partial charge in [-0.2, -0.15) is 0 Å². The van der Waals surface area contributed by atoms with Crippen molar-refractivity contribution in [3.8, 4) is 0 Å². The molecule has 24 heavy (non-hydrogen) atoms. The van der Waals surface area contributed by atoms with Crippen LogP contribution >= 0.6 is 0 Å². The Kier molecular flexibility index (Phi) is 42.8. The SMILES string of the molecule is CCCCCC(=O)O.CCCCO.CCCO.CCCOC(C)=O. The second-order valence-electron chi connectivity index (χ2n) is 4.99. The van der Waals surface area contributed by atoms with E-state index in [2.05, 4.69) is 18.6 Å². The molecule has 0 aromatic rings. The highest BCUT2D eigenvalue weighted by atomic mass is 16.5. The Morgan fingerprint density at radius 3 is 1.46 bits per heavy atom. The lowest BCUT2D eigenvalue weighted by atomic mass is 10.2. The third kappa shape index (κ3) is 69.8. The van der Waals surface area contributed by atoms with Crippen LogP contribution in [0.3, 0.4) is 0 Å². The van der Waals surface area contributed by atoms with Crippen molar-refractivity contribution in [3.63, 3.8) is 0 Å². The molecule has 0 aromatic heterocycles. The molecule has 0 aliphatic carbocycles. The lowest BCUT2D eigenvalue weighted by Crippen LogP contribution is -1.98. The van der Waals surface area contributed by atoms with Crippen molar-refractivity contribution < 1.29 is 29.6 Å². The Morgan fingerprint density at radius 1 is 0.792 bits per heavy atom. The molecule has 3 N–H and O–H groups in total. The van der Waals surface area contributed by atoms with E-state index in [4.69, 9.17) is 15.3 Å². The standard InChI is InChI=1S/C6H12O2.C5H10O2.C4H10O.C3H8O/c1-2-3-4-5-6(7)8;1-3-4-7-5(2)6;1-2-3-4-5;1-2-3-4/h2-5H2,1H3,(H,7,8);3-4H2,1-2H3;5H,2-4H2,1H3;4H,2-3H2,1H3. The first kappa shape index (κ1) is 30.7. The van der Waals surface area contributed by atoms with Crippen molar-refractivity contribution in [2.45, 2.75) is 86.0 Å². The maximum atomic E-state index is 9.98. The summed E-state index contributed by atoms with van der Waals surface area (Å²) in [5.41, 5.74) is 0. The Hall–Kier alpha value is -1.14. The van der Waals surface area contributed by atoms with Crippen LogP contribution in [-0.4, -0.2) is 47.1 Å². The smallest absolute Gasteiger partial charge is 0.303 e. The zero-order valence-electron chi connectivity index (χ0n) is 16.3. The van der Waals surface area contributed by atoms with Gasteiger partial charge in [0.15, 0.2) is 0 Å². The van der Waals surface area contributed by atoms with Crippen molar-refractivity contribution >= 4 is 11.9 Å². The summed E-state index contributed by atoms with van der Waals surface area (Å²) in [5, 5.41) is 24.1. The summed E-state index contributed by atoms with van der Waals surface area (Å²) in [6.07, 6.45) is 7.09. The highest BCUT2D eigenvalue weighted by Gasteiger charge is 1.92. The van der Waals surface area contributed by atoms with Crippen molar-refractivity contribution in [1.29, 1.82) is 0 Å². The van der Waals surface area contributed by atoms with Crippen molar-refractivity contribution in [3.05, 3.63) is 0 Å². The molecule has 0 unspecified atom stereocenters. The summed E-state index contributed by atoms with van der Waals surface area (Å²) < 4.78 is 4.55. The third-order valence-corrected chi connectivity index (χ3v) is 2.24. The van der Waals surface area contributed by atoms with Crippen LogP contribution in [-0.2, 0) is 14.3 Å². The van der Waals surface area contributed by atoms with E-state index >= 15 is 0 Å². The molecule has 0 radical (unpaired) electrons. The minimum Gasteiger partial charge on any atom is -0.481 e. The van der Waals surface area contributed by atoms with E-state index in [1.807, 2.05) is 13.8 Å². The van der Waals surface area contributed by atoms with Gasteiger partial charge in [-0.1, -0.05) is 47.0 Å². The largest absolute Gasteiger partial charge is 0.481 e. The van der Waals surface area contributed by atoms with Gasteiger partial charge in [-0.3, -0.25) is 9.59 Å². The quantitative estimate of drug-likeness (QED) is 0.431. The van der Waals surface area contributed by atoms with Gasteiger partial charge in [0.25, 0.3) is 0 Å². The summed E-state index contributed by atoms with van der Waals surface area (Å²) in [5.74, 6) is -0.875. The number of aliphatic hydroxyl groups excluding tert-OH is 2. The van der Waals surface area contributed by atoms with E-state index < -0.39 is 5.97 Å². The van der Waals surface area contributed by atoms with Gasteiger partial charge in [-0.15, -0.1) is 0 Å². The van der Waals surface area contributed by atoms with Crippen LogP contribution in [0.5, 0.6) is 0 Å². The number of rotatable bonds is 9. The van der Waals surface area contributed by atoms with Gasteiger partial charge < -0.3 is 20.1 Å². The number of aliphatic hydroxyl groups is 2. The van der Waals surface area contributed by atoms with E-state index in [0.29, 0.717) is 26.2 Å². The number of carboxylic acid groups (broad SMARTS) is 1. The molecule has 0 rings (SSSR count). The fourth-order valence-electron chi connectivity index (χ4n) is 0.930. The maximum absolute atomic E-state index is 9.98. The van der Waals surface area contributed by atoms with Crippen molar-refractivity contribution in [2.24, 2.45) is 0 Å². The van der Waals surface area contributed by atoms with E-state index in [9.17, 15) is 9.59 Å². The predicted molar refractivity (Wildman–Crippen MR) is 98.1 cm³/mol. The first-order valence-electron chi connectivity index (χ1n) is 8.94. The molecule has 0 saturated carbocycles. The summed E-state index contributed by atoms with van der Waals surface area (Å²) >= 11 is 0. The molecule has 0 spiro atoms. The molecule has 0 aromatic carbocycles. The third-order valence-electron chi connectivity index (χ3n) is 2.24. The van der Waals surface area contributed by atoms with Gasteiger partial charge in [0.2, 0.25) is 0 Å².